The van der Waals surface area contributed by atoms with E-state index in [-0.39, 0.29) is 0 Å². The van der Waals surface area contributed by atoms with Gasteiger partial charge in [0.05, 0.1) is 11.2 Å². The fraction of sp³-hybridized carbons (Fsp3) is 0.750. The summed E-state index contributed by atoms with van der Waals surface area (Å²) in [7, 11) is 10.8. The van der Waals surface area contributed by atoms with Gasteiger partial charge in [0, 0.05) is 18.2 Å². The number of nitrogens with zero attached hydrogens (tertiary/aromatic N) is 3. The first-order chi connectivity index (χ1) is 8.38. The van der Waals surface area contributed by atoms with Gasteiger partial charge in [0.15, 0.2) is 0 Å². The second kappa shape index (κ2) is 5.10. The van der Waals surface area contributed by atoms with E-state index in [0.29, 0.717) is 12.0 Å². The first-order valence-electron chi connectivity index (χ1n) is 6.48. The minimum atomic E-state index is -1.91. The predicted octanol–water partition coefficient (Wildman–Crippen LogP) is 0.368. The molecule has 4 radical (unpaired) electrons. The molecule has 94 valence electrons. The van der Waals surface area contributed by atoms with Crippen LogP contribution in [0.2, 0.25) is 0 Å². The lowest BCUT2D eigenvalue weighted by atomic mass is 9.73. The topological polar surface area (TPSA) is 41.3 Å². The Balaban J connectivity index is 2.00. The summed E-state index contributed by atoms with van der Waals surface area (Å²) in [5, 5.41) is 13.7. The van der Waals surface area contributed by atoms with Crippen LogP contribution < -0.4 is 0 Å². The van der Waals surface area contributed by atoms with Gasteiger partial charge in [-0.2, -0.15) is 5.10 Å². The number of hydrogen-bond donors (Lipinski definition) is 1. The number of likely N-dealkylation sites (tertiary alicyclic amines) is 1. The number of aliphatic hydroxyl groups is 1. The lowest BCUT2D eigenvalue weighted by Crippen LogP contribution is -2.38. The van der Waals surface area contributed by atoms with Gasteiger partial charge < -0.3 is 10.0 Å². The zero-order valence-electron chi connectivity index (χ0n) is 11.1. The van der Waals surface area contributed by atoms with Crippen LogP contribution in [0.5, 0.6) is 0 Å². The third-order valence-electron chi connectivity index (χ3n) is 3.65. The van der Waals surface area contributed by atoms with Crippen LogP contribution in [0.3, 0.4) is 0 Å². The molecule has 0 bridgehead atoms. The van der Waals surface area contributed by atoms with Gasteiger partial charge in [-0.05, 0) is 45.8 Å². The number of piperidine rings is 1. The Kier molecular flexibility index (Phi) is 3.87. The molecule has 0 aliphatic carbocycles. The summed E-state index contributed by atoms with van der Waals surface area (Å²) in [6.45, 7) is 6.62. The zero-order valence-corrected chi connectivity index (χ0v) is 11.1. The third-order valence-corrected chi connectivity index (χ3v) is 3.65. The lowest BCUT2D eigenvalue weighted by Gasteiger charge is -2.34. The van der Waals surface area contributed by atoms with E-state index in [1.165, 1.54) is 4.68 Å². The molecule has 2 heterocycles. The monoisotopic (exact) mass is 243 g/mol. The molecule has 6 heteroatoms. The molecule has 2 rings (SSSR count). The molecule has 0 unspecified atom stereocenters. The minimum absolute atomic E-state index is 0.434. The Morgan fingerprint density at radius 3 is 2.44 bits per heavy atom. The van der Waals surface area contributed by atoms with E-state index in [1.54, 1.807) is 6.20 Å². The van der Waals surface area contributed by atoms with Crippen molar-refractivity contribution in [3.63, 3.8) is 0 Å². The van der Waals surface area contributed by atoms with Crippen LogP contribution in [0.4, 0.5) is 0 Å². The van der Waals surface area contributed by atoms with Crippen molar-refractivity contribution >= 4 is 15.7 Å². The second-order valence-electron chi connectivity index (χ2n) is 5.37. The molecule has 1 aliphatic heterocycles. The standard InChI is InChI=1S/C12H19B2N3O/c1-9(2)16-6-3-10(4-7-16)11-5-8-17(15-11)12(13,14)18/h5,8-10,18H,3-4,6-7H2,1-2H3. The number of hydrogen-bond acceptors (Lipinski definition) is 3. The van der Waals surface area contributed by atoms with E-state index in [1.807, 2.05) is 6.07 Å². The predicted molar refractivity (Wildman–Crippen MR) is 72.6 cm³/mol. The molecule has 0 saturated carbocycles. The van der Waals surface area contributed by atoms with Crippen molar-refractivity contribution in [2.75, 3.05) is 13.1 Å². The summed E-state index contributed by atoms with van der Waals surface area (Å²) >= 11 is 0. The lowest BCUT2D eigenvalue weighted by molar-refractivity contribution is 0.125. The van der Waals surface area contributed by atoms with Crippen LogP contribution in [-0.4, -0.2) is 54.6 Å². The van der Waals surface area contributed by atoms with Crippen molar-refractivity contribution in [3.05, 3.63) is 18.0 Å². The van der Waals surface area contributed by atoms with Crippen LogP contribution in [-0.2, 0) is 5.52 Å². The molecule has 18 heavy (non-hydrogen) atoms. The fourth-order valence-electron chi connectivity index (χ4n) is 2.47. The summed E-state index contributed by atoms with van der Waals surface area (Å²) in [5.74, 6) is 0.434. The molecule has 1 fully saturated rings. The second-order valence-corrected chi connectivity index (χ2v) is 5.37. The molecule has 1 aliphatic rings. The molecule has 1 aromatic heterocycles. The molecule has 4 nitrogen and oxygen atoms in total. The van der Waals surface area contributed by atoms with Gasteiger partial charge in [-0.3, -0.25) is 4.68 Å². The Hall–Kier alpha value is -0.740. The van der Waals surface area contributed by atoms with Crippen LogP contribution >= 0.6 is 0 Å². The van der Waals surface area contributed by atoms with E-state index < -0.39 is 5.52 Å². The van der Waals surface area contributed by atoms with Crippen molar-refractivity contribution in [3.8, 4) is 0 Å². The maximum absolute atomic E-state index is 9.46. The van der Waals surface area contributed by atoms with Crippen LogP contribution in [0, 0.1) is 0 Å². The summed E-state index contributed by atoms with van der Waals surface area (Å²) in [5.41, 5.74) is -0.940. The largest absolute Gasteiger partial charge is 0.388 e. The zero-order chi connectivity index (χ0) is 13.3. The molecular formula is C12H19B2N3O. The fourth-order valence-corrected chi connectivity index (χ4v) is 2.47. The summed E-state index contributed by atoms with van der Waals surface area (Å²) in [6, 6.07) is 2.49. The van der Waals surface area contributed by atoms with Crippen molar-refractivity contribution in [2.45, 2.75) is 44.2 Å². The first-order valence-corrected chi connectivity index (χ1v) is 6.48. The summed E-state index contributed by atoms with van der Waals surface area (Å²) in [4.78, 5) is 2.47. The van der Waals surface area contributed by atoms with Gasteiger partial charge in [-0.25, -0.2) is 0 Å². The molecule has 1 aromatic rings. The Morgan fingerprint density at radius 1 is 1.39 bits per heavy atom. The minimum Gasteiger partial charge on any atom is -0.388 e. The van der Waals surface area contributed by atoms with E-state index >= 15 is 0 Å². The Bertz CT molecular complexity index is 392. The Labute approximate surface area is 111 Å². The van der Waals surface area contributed by atoms with Crippen LogP contribution in [0.15, 0.2) is 12.3 Å². The van der Waals surface area contributed by atoms with E-state index in [9.17, 15) is 5.11 Å². The highest BCUT2D eigenvalue weighted by Crippen LogP contribution is 2.27. The van der Waals surface area contributed by atoms with Gasteiger partial charge in [0.25, 0.3) is 0 Å². The van der Waals surface area contributed by atoms with E-state index in [2.05, 4.69) is 23.8 Å². The molecule has 0 amide bonds. The van der Waals surface area contributed by atoms with Gasteiger partial charge in [-0.15, -0.1) is 0 Å². The summed E-state index contributed by atoms with van der Waals surface area (Å²) < 4.78 is 1.21. The molecule has 1 N–H and O–H groups in total. The molecule has 0 spiro atoms. The SMILES string of the molecule is [B]C([B])(O)n1ccc(C2CCN(C(C)C)CC2)n1. The highest BCUT2D eigenvalue weighted by atomic mass is 16.3. The molecule has 0 atom stereocenters. The van der Waals surface area contributed by atoms with Gasteiger partial charge in [0.2, 0.25) is 0 Å². The van der Waals surface area contributed by atoms with Crippen molar-refractivity contribution < 1.29 is 5.11 Å². The van der Waals surface area contributed by atoms with Crippen LogP contribution in [0.25, 0.3) is 0 Å². The number of aromatic nitrogens is 2. The molecular weight excluding hydrogens is 224 g/mol. The van der Waals surface area contributed by atoms with Crippen molar-refractivity contribution in [1.82, 2.24) is 14.7 Å². The smallest absolute Gasteiger partial charge is 0.131 e. The van der Waals surface area contributed by atoms with E-state index in [4.69, 9.17) is 15.7 Å². The van der Waals surface area contributed by atoms with Crippen molar-refractivity contribution in [1.29, 1.82) is 0 Å². The first kappa shape index (κ1) is 13.7. The van der Waals surface area contributed by atoms with Gasteiger partial charge in [-0.1, -0.05) is 0 Å². The van der Waals surface area contributed by atoms with Gasteiger partial charge in [0.1, 0.15) is 15.7 Å². The van der Waals surface area contributed by atoms with Crippen LogP contribution in [0.1, 0.15) is 38.3 Å². The van der Waals surface area contributed by atoms with E-state index in [0.717, 1.165) is 31.6 Å². The average molecular weight is 243 g/mol. The quantitative estimate of drug-likeness (QED) is 0.779. The summed E-state index contributed by atoms with van der Waals surface area (Å²) in [6.07, 6.45) is 3.80. The Morgan fingerprint density at radius 2 is 2.00 bits per heavy atom. The number of rotatable bonds is 3. The van der Waals surface area contributed by atoms with Crippen molar-refractivity contribution in [2.24, 2.45) is 0 Å². The molecule has 0 aromatic carbocycles. The highest BCUT2D eigenvalue weighted by Gasteiger charge is 2.24. The molecule has 1 saturated heterocycles. The van der Waals surface area contributed by atoms with Gasteiger partial charge >= 0.3 is 0 Å². The third kappa shape index (κ3) is 2.98. The maximum Gasteiger partial charge on any atom is 0.131 e. The normalized spacial score (nSPS) is 19.6. The maximum atomic E-state index is 9.46. The highest BCUT2D eigenvalue weighted by molar-refractivity contribution is 6.36. The average Bonchev–Trinajstić information content (AvgIpc) is 2.78.